The van der Waals surface area contributed by atoms with Crippen molar-refractivity contribution in [3.63, 3.8) is 0 Å². The second-order valence-corrected chi connectivity index (χ2v) is 6.00. The van der Waals surface area contributed by atoms with Gasteiger partial charge in [-0.3, -0.25) is 4.98 Å². The van der Waals surface area contributed by atoms with E-state index in [1.807, 2.05) is 12.3 Å². The second kappa shape index (κ2) is 5.31. The number of halogens is 2. The minimum absolute atomic E-state index is 0.558. The average Bonchev–Trinajstić information content (AvgIpc) is 2.16. The molecule has 2 rings (SSSR count). The SMILES string of the molecule is Clc1cnccc1CC(Br)CC1CCC1. The molecule has 0 N–H and O–H groups in total. The smallest absolute Gasteiger partial charge is 0.0621 e. The topological polar surface area (TPSA) is 12.9 Å². The van der Waals surface area contributed by atoms with E-state index in [-0.39, 0.29) is 0 Å². The van der Waals surface area contributed by atoms with Crippen LogP contribution >= 0.6 is 27.5 Å². The zero-order valence-electron chi connectivity index (χ0n) is 8.63. The van der Waals surface area contributed by atoms with Crippen molar-refractivity contribution in [2.75, 3.05) is 0 Å². The van der Waals surface area contributed by atoms with E-state index in [4.69, 9.17) is 11.6 Å². The van der Waals surface area contributed by atoms with Crippen LogP contribution < -0.4 is 0 Å². The standard InChI is InChI=1S/C12H15BrClN/c13-11(6-9-2-1-3-9)7-10-4-5-15-8-12(10)14/h4-5,8-9,11H,1-3,6-7H2. The van der Waals surface area contributed by atoms with Crippen LogP contribution in [-0.2, 0) is 6.42 Å². The van der Waals surface area contributed by atoms with Gasteiger partial charge in [-0.25, -0.2) is 0 Å². The molecule has 1 aromatic heterocycles. The van der Waals surface area contributed by atoms with Crippen LogP contribution in [0.25, 0.3) is 0 Å². The van der Waals surface area contributed by atoms with Crippen LogP contribution in [0.3, 0.4) is 0 Å². The fourth-order valence-electron chi connectivity index (χ4n) is 1.98. The van der Waals surface area contributed by atoms with Crippen LogP contribution in [0.4, 0.5) is 0 Å². The average molecular weight is 289 g/mol. The lowest BCUT2D eigenvalue weighted by Crippen LogP contribution is -2.17. The molecular formula is C12H15BrClN. The highest BCUT2D eigenvalue weighted by atomic mass is 79.9. The van der Waals surface area contributed by atoms with E-state index in [1.165, 1.54) is 31.2 Å². The number of pyridine rings is 1. The number of hydrogen-bond donors (Lipinski definition) is 0. The largest absolute Gasteiger partial charge is 0.263 e. The van der Waals surface area contributed by atoms with Gasteiger partial charge in [0, 0.05) is 17.2 Å². The molecule has 1 aliphatic rings. The highest BCUT2D eigenvalue weighted by Crippen LogP contribution is 2.33. The molecular weight excluding hydrogens is 273 g/mol. The summed E-state index contributed by atoms with van der Waals surface area (Å²) in [6, 6.07) is 2.01. The van der Waals surface area contributed by atoms with Gasteiger partial charge in [-0.2, -0.15) is 0 Å². The summed E-state index contributed by atoms with van der Waals surface area (Å²) in [6.07, 6.45) is 10.1. The van der Waals surface area contributed by atoms with Gasteiger partial charge in [0.1, 0.15) is 0 Å². The van der Waals surface area contributed by atoms with Crippen molar-refractivity contribution in [2.45, 2.75) is 36.9 Å². The Bertz CT molecular complexity index is 325. The Morgan fingerprint density at radius 3 is 2.93 bits per heavy atom. The van der Waals surface area contributed by atoms with E-state index >= 15 is 0 Å². The molecule has 1 atom stereocenters. The summed E-state index contributed by atoms with van der Waals surface area (Å²) in [7, 11) is 0. The fourth-order valence-corrected chi connectivity index (χ4v) is 3.06. The maximum Gasteiger partial charge on any atom is 0.0621 e. The van der Waals surface area contributed by atoms with Crippen molar-refractivity contribution in [3.05, 3.63) is 29.0 Å². The molecule has 1 aliphatic carbocycles. The summed E-state index contributed by atoms with van der Waals surface area (Å²) in [4.78, 5) is 4.55. The summed E-state index contributed by atoms with van der Waals surface area (Å²) < 4.78 is 0. The number of aromatic nitrogens is 1. The maximum absolute atomic E-state index is 6.07. The minimum Gasteiger partial charge on any atom is -0.263 e. The van der Waals surface area contributed by atoms with E-state index in [0.717, 1.165) is 17.4 Å². The second-order valence-electron chi connectivity index (χ2n) is 4.30. The third-order valence-electron chi connectivity index (χ3n) is 3.11. The van der Waals surface area contributed by atoms with Crippen LogP contribution in [0, 0.1) is 5.92 Å². The zero-order chi connectivity index (χ0) is 10.7. The predicted octanol–water partition coefficient (Wildman–Crippen LogP) is 4.23. The fraction of sp³-hybridized carbons (Fsp3) is 0.583. The Labute approximate surface area is 104 Å². The first kappa shape index (κ1) is 11.4. The van der Waals surface area contributed by atoms with Gasteiger partial charge in [-0.1, -0.05) is 46.8 Å². The van der Waals surface area contributed by atoms with Crippen LogP contribution in [0.15, 0.2) is 18.5 Å². The van der Waals surface area contributed by atoms with Crippen molar-refractivity contribution in [1.82, 2.24) is 4.98 Å². The first-order valence-corrected chi connectivity index (χ1v) is 6.77. The lowest BCUT2D eigenvalue weighted by molar-refractivity contribution is 0.294. The molecule has 0 aromatic carbocycles. The van der Waals surface area contributed by atoms with Crippen molar-refractivity contribution >= 4 is 27.5 Å². The normalized spacial score (nSPS) is 18.5. The summed E-state index contributed by atoms with van der Waals surface area (Å²) in [5.41, 5.74) is 1.20. The van der Waals surface area contributed by atoms with Crippen molar-refractivity contribution in [2.24, 2.45) is 5.92 Å². The number of rotatable bonds is 4. The quantitative estimate of drug-likeness (QED) is 0.756. The van der Waals surface area contributed by atoms with E-state index in [9.17, 15) is 0 Å². The number of hydrogen-bond acceptors (Lipinski definition) is 1. The van der Waals surface area contributed by atoms with Gasteiger partial charge < -0.3 is 0 Å². The molecule has 1 aromatic rings. The molecule has 1 unspecified atom stereocenters. The van der Waals surface area contributed by atoms with Gasteiger partial charge in [0.05, 0.1) is 5.02 Å². The molecule has 0 radical (unpaired) electrons. The monoisotopic (exact) mass is 287 g/mol. The Balaban J connectivity index is 1.87. The molecule has 15 heavy (non-hydrogen) atoms. The van der Waals surface area contributed by atoms with Gasteiger partial charge in [-0.05, 0) is 30.4 Å². The molecule has 3 heteroatoms. The first-order valence-electron chi connectivity index (χ1n) is 5.48. The molecule has 1 saturated carbocycles. The summed E-state index contributed by atoms with van der Waals surface area (Å²) >= 11 is 9.81. The van der Waals surface area contributed by atoms with Crippen LogP contribution in [0.2, 0.25) is 5.02 Å². The third-order valence-corrected chi connectivity index (χ3v) is 4.15. The van der Waals surface area contributed by atoms with E-state index < -0.39 is 0 Å². The molecule has 0 amide bonds. The number of alkyl halides is 1. The van der Waals surface area contributed by atoms with Crippen LogP contribution in [-0.4, -0.2) is 9.81 Å². The summed E-state index contributed by atoms with van der Waals surface area (Å²) in [6.45, 7) is 0. The lowest BCUT2D eigenvalue weighted by atomic mass is 9.81. The zero-order valence-corrected chi connectivity index (χ0v) is 11.0. The first-order chi connectivity index (χ1) is 7.25. The Morgan fingerprint density at radius 1 is 1.53 bits per heavy atom. The Morgan fingerprint density at radius 2 is 2.33 bits per heavy atom. The molecule has 0 aliphatic heterocycles. The van der Waals surface area contributed by atoms with E-state index in [2.05, 4.69) is 20.9 Å². The highest BCUT2D eigenvalue weighted by molar-refractivity contribution is 9.09. The maximum atomic E-state index is 6.07. The van der Waals surface area contributed by atoms with Crippen molar-refractivity contribution < 1.29 is 0 Å². The summed E-state index contributed by atoms with van der Waals surface area (Å²) in [5.74, 6) is 0.940. The third kappa shape index (κ3) is 3.18. The minimum atomic E-state index is 0.558. The Hall–Kier alpha value is -0.0800. The van der Waals surface area contributed by atoms with Gasteiger partial charge >= 0.3 is 0 Å². The summed E-state index contributed by atoms with van der Waals surface area (Å²) in [5, 5.41) is 0.788. The Kier molecular flexibility index (Phi) is 4.04. The molecule has 82 valence electrons. The van der Waals surface area contributed by atoms with Crippen molar-refractivity contribution in [1.29, 1.82) is 0 Å². The lowest BCUT2D eigenvalue weighted by Gasteiger charge is -2.27. The van der Waals surface area contributed by atoms with Gasteiger partial charge in [0.25, 0.3) is 0 Å². The van der Waals surface area contributed by atoms with Gasteiger partial charge in [0.2, 0.25) is 0 Å². The molecule has 0 bridgehead atoms. The highest BCUT2D eigenvalue weighted by Gasteiger charge is 2.21. The molecule has 0 saturated heterocycles. The molecule has 1 heterocycles. The van der Waals surface area contributed by atoms with E-state index in [0.29, 0.717) is 4.83 Å². The van der Waals surface area contributed by atoms with Gasteiger partial charge in [0.15, 0.2) is 0 Å². The van der Waals surface area contributed by atoms with Crippen LogP contribution in [0.5, 0.6) is 0 Å². The molecule has 0 spiro atoms. The van der Waals surface area contributed by atoms with Crippen molar-refractivity contribution in [3.8, 4) is 0 Å². The predicted molar refractivity (Wildman–Crippen MR) is 67.6 cm³/mol. The van der Waals surface area contributed by atoms with Crippen LogP contribution in [0.1, 0.15) is 31.2 Å². The molecule has 1 fully saturated rings. The van der Waals surface area contributed by atoms with E-state index in [1.54, 1.807) is 6.20 Å². The van der Waals surface area contributed by atoms with Gasteiger partial charge in [-0.15, -0.1) is 0 Å². The molecule has 1 nitrogen and oxygen atoms in total. The number of nitrogens with zero attached hydrogens (tertiary/aromatic N) is 1.